The molecule has 0 unspecified atom stereocenters. The van der Waals surface area contributed by atoms with Crippen molar-refractivity contribution in [3.8, 4) is 40.2 Å². The summed E-state index contributed by atoms with van der Waals surface area (Å²) in [5, 5.41) is 0. The number of rotatable bonds is 14. The Morgan fingerprint density at radius 1 is 0.562 bits per heavy atom. The van der Waals surface area contributed by atoms with Gasteiger partial charge >= 0.3 is 0 Å². The number of hydrogen-bond acceptors (Lipinski definition) is 10. The summed E-state index contributed by atoms with van der Waals surface area (Å²) < 4.78 is 38.8. The third-order valence-electron chi connectivity index (χ3n) is 7.82. The Labute approximate surface area is 278 Å². The molecule has 4 aromatic carbocycles. The average molecular weight is 654 g/mol. The second-order valence-electron chi connectivity index (χ2n) is 10.5. The molecule has 1 aliphatic heterocycles. The third kappa shape index (κ3) is 6.48. The van der Waals surface area contributed by atoms with Crippen LogP contribution in [0.4, 0.5) is 0 Å². The van der Waals surface area contributed by atoms with E-state index >= 15 is 0 Å². The van der Waals surface area contributed by atoms with E-state index in [-0.39, 0.29) is 28.2 Å². The molecule has 1 aliphatic rings. The minimum atomic E-state index is -0.679. The number of imide groups is 1. The van der Waals surface area contributed by atoms with Gasteiger partial charge in [-0.25, -0.2) is 0 Å². The van der Waals surface area contributed by atoms with Crippen LogP contribution in [0.5, 0.6) is 40.2 Å². The standard InChI is InChI=1S/C37H35NO10/c1-42-27-14-13-24(17-29(27)43-2)33-34(25-18-31(45-4)35(47-6)32(19-25)46-5)37(41)38(36(33)40)20-26(39)23-12-15-28(30(16-23)44-3)48-21-22-10-8-7-9-11-22/h7-19H,20-21H2,1-6H3. The Bertz CT molecular complexity index is 1860. The van der Waals surface area contributed by atoms with Gasteiger partial charge in [0.15, 0.2) is 40.3 Å². The summed E-state index contributed by atoms with van der Waals surface area (Å²) >= 11 is 0. The molecule has 11 nitrogen and oxygen atoms in total. The summed E-state index contributed by atoms with van der Waals surface area (Å²) in [5.74, 6) is 0.597. The van der Waals surface area contributed by atoms with Gasteiger partial charge in [0.25, 0.3) is 11.8 Å². The number of carbonyl (C=O) groups is 3. The molecule has 0 N–H and O–H groups in total. The molecular formula is C37H35NO10. The molecule has 0 saturated carbocycles. The van der Waals surface area contributed by atoms with E-state index < -0.39 is 24.1 Å². The van der Waals surface area contributed by atoms with E-state index in [1.165, 1.54) is 48.7 Å². The van der Waals surface area contributed by atoms with E-state index in [1.807, 2.05) is 30.3 Å². The number of ketones is 1. The highest BCUT2D eigenvalue weighted by atomic mass is 16.5. The number of methoxy groups -OCH3 is 6. The van der Waals surface area contributed by atoms with Crippen LogP contribution < -0.4 is 33.2 Å². The first-order valence-corrected chi connectivity index (χ1v) is 14.8. The lowest BCUT2D eigenvalue weighted by atomic mass is 9.95. The van der Waals surface area contributed by atoms with Crippen molar-refractivity contribution in [2.75, 3.05) is 49.2 Å². The number of benzene rings is 4. The first-order valence-electron chi connectivity index (χ1n) is 14.8. The van der Waals surface area contributed by atoms with E-state index in [9.17, 15) is 14.4 Å². The predicted molar refractivity (Wildman–Crippen MR) is 177 cm³/mol. The van der Waals surface area contributed by atoms with Gasteiger partial charge in [-0.2, -0.15) is 0 Å². The molecule has 0 atom stereocenters. The van der Waals surface area contributed by atoms with Crippen LogP contribution in [-0.4, -0.2) is 71.7 Å². The third-order valence-corrected chi connectivity index (χ3v) is 7.82. The monoisotopic (exact) mass is 653 g/mol. The maximum Gasteiger partial charge on any atom is 0.262 e. The minimum Gasteiger partial charge on any atom is -0.493 e. The summed E-state index contributed by atoms with van der Waals surface area (Å²) in [5.41, 5.74) is 2.00. The molecule has 248 valence electrons. The van der Waals surface area contributed by atoms with Crippen molar-refractivity contribution >= 4 is 28.7 Å². The molecule has 2 amide bonds. The van der Waals surface area contributed by atoms with Gasteiger partial charge in [0.05, 0.1) is 60.3 Å². The van der Waals surface area contributed by atoms with Gasteiger partial charge in [-0.1, -0.05) is 36.4 Å². The fourth-order valence-electron chi connectivity index (χ4n) is 5.40. The zero-order valence-electron chi connectivity index (χ0n) is 27.4. The maximum absolute atomic E-state index is 14.2. The fraction of sp³-hybridized carbons (Fsp3) is 0.216. The number of amides is 2. The number of Topliss-reactive ketones (excluding diaryl/α,β-unsaturated/α-hetero) is 1. The van der Waals surface area contributed by atoms with Gasteiger partial charge in [0.1, 0.15) is 6.61 Å². The van der Waals surface area contributed by atoms with E-state index in [1.54, 1.807) is 42.5 Å². The lowest BCUT2D eigenvalue weighted by Crippen LogP contribution is -2.36. The highest BCUT2D eigenvalue weighted by Crippen LogP contribution is 2.44. The zero-order valence-corrected chi connectivity index (χ0v) is 27.4. The molecule has 0 bridgehead atoms. The van der Waals surface area contributed by atoms with Gasteiger partial charge in [0, 0.05) is 5.56 Å². The lowest BCUT2D eigenvalue weighted by molar-refractivity contribution is -0.135. The molecule has 5 rings (SSSR count). The van der Waals surface area contributed by atoms with E-state index in [0.29, 0.717) is 46.5 Å². The van der Waals surface area contributed by atoms with E-state index in [0.717, 1.165) is 10.5 Å². The molecule has 0 radical (unpaired) electrons. The average Bonchev–Trinajstić information content (AvgIpc) is 3.37. The predicted octanol–water partition coefficient (Wildman–Crippen LogP) is 5.48. The van der Waals surface area contributed by atoms with E-state index in [4.69, 9.17) is 33.2 Å². The topological polar surface area (TPSA) is 119 Å². The van der Waals surface area contributed by atoms with Crippen LogP contribution in [0.3, 0.4) is 0 Å². The lowest BCUT2D eigenvalue weighted by Gasteiger charge is -2.17. The molecular weight excluding hydrogens is 618 g/mol. The molecule has 48 heavy (non-hydrogen) atoms. The number of hydrogen-bond donors (Lipinski definition) is 0. The highest BCUT2D eigenvalue weighted by Gasteiger charge is 2.41. The summed E-state index contributed by atoms with van der Waals surface area (Å²) in [6.45, 7) is -0.231. The first kappa shape index (κ1) is 33.4. The molecule has 0 spiro atoms. The van der Waals surface area contributed by atoms with Crippen molar-refractivity contribution in [1.82, 2.24) is 4.90 Å². The van der Waals surface area contributed by atoms with Crippen molar-refractivity contribution in [2.45, 2.75) is 6.61 Å². The molecule has 0 aliphatic carbocycles. The Hall–Kier alpha value is -5.97. The fourth-order valence-corrected chi connectivity index (χ4v) is 5.40. The van der Waals surface area contributed by atoms with Gasteiger partial charge in [-0.3, -0.25) is 19.3 Å². The van der Waals surface area contributed by atoms with Crippen LogP contribution >= 0.6 is 0 Å². The van der Waals surface area contributed by atoms with Gasteiger partial charge in [-0.15, -0.1) is 0 Å². The van der Waals surface area contributed by atoms with Crippen molar-refractivity contribution < 1.29 is 47.5 Å². The molecule has 1 heterocycles. The molecule has 0 fully saturated rings. The Balaban J connectivity index is 1.51. The minimum absolute atomic E-state index is 0.0431. The highest BCUT2D eigenvalue weighted by molar-refractivity contribution is 6.49. The number of carbonyl (C=O) groups excluding carboxylic acids is 3. The summed E-state index contributed by atoms with van der Waals surface area (Å²) in [6.07, 6.45) is 0. The van der Waals surface area contributed by atoms with Crippen LogP contribution in [0.15, 0.2) is 78.9 Å². The normalized spacial score (nSPS) is 12.6. The van der Waals surface area contributed by atoms with Crippen LogP contribution in [0, 0.1) is 0 Å². The second kappa shape index (κ2) is 14.6. The quantitative estimate of drug-likeness (QED) is 0.128. The maximum atomic E-state index is 14.2. The zero-order chi connectivity index (χ0) is 34.4. The molecule has 0 aromatic heterocycles. The first-order chi connectivity index (χ1) is 23.3. The molecule has 11 heteroatoms. The van der Waals surface area contributed by atoms with Crippen molar-refractivity contribution in [3.05, 3.63) is 101 Å². The Morgan fingerprint density at radius 2 is 1.10 bits per heavy atom. The van der Waals surface area contributed by atoms with Crippen LogP contribution in [0.25, 0.3) is 11.1 Å². The Morgan fingerprint density at radius 3 is 1.69 bits per heavy atom. The van der Waals surface area contributed by atoms with Gasteiger partial charge in [-0.05, 0) is 59.2 Å². The van der Waals surface area contributed by atoms with Crippen molar-refractivity contribution in [2.24, 2.45) is 0 Å². The summed E-state index contributed by atoms with van der Waals surface area (Å²) in [4.78, 5) is 42.9. The van der Waals surface area contributed by atoms with Crippen LogP contribution in [0.2, 0.25) is 0 Å². The Kier molecular flexibility index (Phi) is 10.2. The number of ether oxygens (including phenoxy) is 7. The SMILES string of the molecule is COc1ccc(C2=C(c3cc(OC)c(OC)c(OC)c3)C(=O)N(CC(=O)c3ccc(OCc4ccccc4)c(OC)c3)C2=O)cc1OC. The van der Waals surface area contributed by atoms with Gasteiger partial charge < -0.3 is 33.2 Å². The summed E-state index contributed by atoms with van der Waals surface area (Å²) in [6, 6.07) is 22.4. The van der Waals surface area contributed by atoms with Gasteiger partial charge in [0.2, 0.25) is 5.75 Å². The van der Waals surface area contributed by atoms with Crippen molar-refractivity contribution in [3.63, 3.8) is 0 Å². The van der Waals surface area contributed by atoms with Crippen LogP contribution in [-0.2, 0) is 16.2 Å². The summed E-state index contributed by atoms with van der Waals surface area (Å²) in [7, 11) is 8.78. The molecule has 0 saturated heterocycles. The number of nitrogens with zero attached hydrogens (tertiary/aromatic N) is 1. The van der Waals surface area contributed by atoms with E-state index in [2.05, 4.69) is 0 Å². The second-order valence-corrected chi connectivity index (χ2v) is 10.5. The van der Waals surface area contributed by atoms with Crippen LogP contribution in [0.1, 0.15) is 27.0 Å². The largest absolute Gasteiger partial charge is 0.493 e. The van der Waals surface area contributed by atoms with Crippen molar-refractivity contribution in [1.29, 1.82) is 0 Å². The molecule has 4 aromatic rings. The smallest absolute Gasteiger partial charge is 0.262 e.